The lowest BCUT2D eigenvalue weighted by Crippen LogP contribution is -2.21. The van der Waals surface area contributed by atoms with Crippen molar-refractivity contribution in [3.8, 4) is 0 Å². The van der Waals surface area contributed by atoms with Gasteiger partial charge >= 0.3 is 0 Å². The summed E-state index contributed by atoms with van der Waals surface area (Å²) in [5.41, 5.74) is 0. The smallest absolute Gasteiger partial charge is 0.162 e. The third-order valence-electron chi connectivity index (χ3n) is 2.00. The van der Waals surface area contributed by atoms with Gasteiger partial charge in [0.15, 0.2) is 5.78 Å². The molecule has 0 aromatic rings. The molecule has 1 heterocycles. The topological polar surface area (TPSA) is 40.5 Å². The monoisotopic (exact) mass is 143 g/mol. The quantitative estimate of drug-likeness (QED) is 0.566. The highest BCUT2D eigenvalue weighted by atomic mass is 16.3. The Labute approximate surface area is 60.6 Å². The number of carbonyl (C=O) groups is 1. The average molecular weight is 143 g/mol. The molecule has 1 unspecified atom stereocenters. The van der Waals surface area contributed by atoms with Crippen LogP contribution in [0.1, 0.15) is 6.42 Å². The van der Waals surface area contributed by atoms with Gasteiger partial charge in [0, 0.05) is 12.5 Å². The van der Waals surface area contributed by atoms with E-state index in [2.05, 4.69) is 4.90 Å². The van der Waals surface area contributed by atoms with Crippen LogP contribution in [0.4, 0.5) is 0 Å². The van der Waals surface area contributed by atoms with E-state index in [1.807, 2.05) is 7.05 Å². The molecule has 0 radical (unpaired) electrons. The van der Waals surface area contributed by atoms with Crippen molar-refractivity contribution in [2.24, 2.45) is 5.92 Å². The molecular formula is C7H13NO2. The molecule has 10 heavy (non-hydrogen) atoms. The van der Waals surface area contributed by atoms with E-state index in [-0.39, 0.29) is 18.3 Å². The molecule has 0 spiro atoms. The van der Waals surface area contributed by atoms with Crippen molar-refractivity contribution in [2.75, 3.05) is 26.7 Å². The van der Waals surface area contributed by atoms with Gasteiger partial charge in [-0.25, -0.2) is 0 Å². The zero-order chi connectivity index (χ0) is 7.56. The fourth-order valence-electron chi connectivity index (χ4n) is 1.33. The number of rotatable bonds is 2. The van der Waals surface area contributed by atoms with Crippen molar-refractivity contribution in [1.82, 2.24) is 4.90 Å². The molecule has 1 aliphatic rings. The number of aliphatic hydroxyl groups excluding tert-OH is 1. The van der Waals surface area contributed by atoms with Crippen LogP contribution in [-0.4, -0.2) is 42.5 Å². The van der Waals surface area contributed by atoms with Crippen molar-refractivity contribution in [3.63, 3.8) is 0 Å². The van der Waals surface area contributed by atoms with E-state index in [4.69, 9.17) is 5.11 Å². The molecule has 0 saturated carbocycles. The van der Waals surface area contributed by atoms with Crippen LogP contribution in [0.15, 0.2) is 0 Å². The molecule has 1 saturated heterocycles. The van der Waals surface area contributed by atoms with Crippen LogP contribution in [0, 0.1) is 5.92 Å². The largest absolute Gasteiger partial charge is 0.389 e. The standard InChI is InChI=1S/C7H13NO2/c1-8-3-2-6(4-8)7(10)5-9/h6,9H,2-5H2,1H3. The summed E-state index contributed by atoms with van der Waals surface area (Å²) in [6, 6.07) is 0. The zero-order valence-electron chi connectivity index (χ0n) is 6.21. The summed E-state index contributed by atoms with van der Waals surface area (Å²) in [6.07, 6.45) is 0.913. The minimum absolute atomic E-state index is 0.00986. The maximum absolute atomic E-state index is 10.9. The number of nitrogens with zero attached hydrogens (tertiary/aromatic N) is 1. The second-order valence-corrected chi connectivity index (χ2v) is 2.87. The fourth-order valence-corrected chi connectivity index (χ4v) is 1.33. The van der Waals surface area contributed by atoms with Crippen molar-refractivity contribution in [1.29, 1.82) is 0 Å². The van der Waals surface area contributed by atoms with E-state index in [0.717, 1.165) is 19.5 Å². The highest BCUT2D eigenvalue weighted by Crippen LogP contribution is 2.14. The summed E-state index contributed by atoms with van der Waals surface area (Å²) < 4.78 is 0. The predicted molar refractivity (Wildman–Crippen MR) is 37.7 cm³/mol. The summed E-state index contributed by atoms with van der Waals surface area (Å²) in [7, 11) is 1.99. The van der Waals surface area contributed by atoms with Gasteiger partial charge in [0.05, 0.1) is 0 Å². The minimum Gasteiger partial charge on any atom is -0.389 e. The summed E-state index contributed by atoms with van der Waals surface area (Å²) in [4.78, 5) is 13.0. The van der Waals surface area contributed by atoms with Crippen LogP contribution in [0.3, 0.4) is 0 Å². The number of hydrogen-bond acceptors (Lipinski definition) is 3. The van der Waals surface area contributed by atoms with Crippen LogP contribution < -0.4 is 0 Å². The Bertz CT molecular complexity index is 136. The predicted octanol–water partition coefficient (Wildman–Crippen LogP) is -0.501. The van der Waals surface area contributed by atoms with Gasteiger partial charge in [-0.1, -0.05) is 0 Å². The lowest BCUT2D eigenvalue weighted by atomic mass is 10.0. The average Bonchev–Trinajstić information content (AvgIpc) is 2.34. The van der Waals surface area contributed by atoms with Gasteiger partial charge in [-0.3, -0.25) is 4.79 Å². The number of Topliss-reactive ketones (excluding diaryl/α,β-unsaturated/α-hetero) is 1. The Hall–Kier alpha value is -0.410. The number of ketones is 1. The molecular weight excluding hydrogens is 130 g/mol. The maximum Gasteiger partial charge on any atom is 0.162 e. The third kappa shape index (κ3) is 1.55. The first-order valence-corrected chi connectivity index (χ1v) is 3.56. The van der Waals surface area contributed by atoms with Crippen LogP contribution in [0.2, 0.25) is 0 Å². The van der Waals surface area contributed by atoms with Gasteiger partial charge in [-0.2, -0.15) is 0 Å². The van der Waals surface area contributed by atoms with Crippen molar-refractivity contribution < 1.29 is 9.90 Å². The van der Waals surface area contributed by atoms with E-state index >= 15 is 0 Å². The van der Waals surface area contributed by atoms with E-state index in [0.29, 0.717) is 0 Å². The number of aliphatic hydroxyl groups is 1. The van der Waals surface area contributed by atoms with E-state index in [9.17, 15) is 4.79 Å². The molecule has 1 fully saturated rings. The Kier molecular flexibility index (Phi) is 2.40. The van der Waals surface area contributed by atoms with Crippen molar-refractivity contribution in [2.45, 2.75) is 6.42 Å². The zero-order valence-corrected chi connectivity index (χ0v) is 6.21. The van der Waals surface area contributed by atoms with Gasteiger partial charge in [0.25, 0.3) is 0 Å². The van der Waals surface area contributed by atoms with Crippen molar-refractivity contribution >= 4 is 5.78 Å². The summed E-state index contributed by atoms with van der Waals surface area (Å²) >= 11 is 0. The molecule has 1 N–H and O–H groups in total. The Balaban J connectivity index is 2.37. The maximum atomic E-state index is 10.9. The van der Waals surface area contributed by atoms with Crippen molar-refractivity contribution in [3.05, 3.63) is 0 Å². The first-order chi connectivity index (χ1) is 4.74. The Morgan fingerprint density at radius 3 is 2.90 bits per heavy atom. The molecule has 0 bridgehead atoms. The lowest BCUT2D eigenvalue weighted by molar-refractivity contribution is -0.125. The normalized spacial score (nSPS) is 27.2. The van der Waals surface area contributed by atoms with Crippen LogP contribution in [0.5, 0.6) is 0 Å². The Morgan fingerprint density at radius 2 is 2.50 bits per heavy atom. The number of likely N-dealkylation sites (tertiary alicyclic amines) is 1. The molecule has 1 atom stereocenters. The van der Waals surface area contributed by atoms with Crippen LogP contribution >= 0.6 is 0 Å². The van der Waals surface area contributed by atoms with Crippen LogP contribution in [0.25, 0.3) is 0 Å². The summed E-state index contributed by atoms with van der Waals surface area (Å²) in [6.45, 7) is 1.51. The van der Waals surface area contributed by atoms with E-state index < -0.39 is 0 Å². The molecule has 0 aliphatic carbocycles. The highest BCUT2D eigenvalue weighted by Gasteiger charge is 2.24. The first kappa shape index (κ1) is 7.69. The first-order valence-electron chi connectivity index (χ1n) is 3.56. The molecule has 3 nitrogen and oxygen atoms in total. The molecule has 0 aromatic carbocycles. The van der Waals surface area contributed by atoms with Gasteiger partial charge in [-0.15, -0.1) is 0 Å². The second-order valence-electron chi connectivity index (χ2n) is 2.87. The molecule has 1 rings (SSSR count). The van der Waals surface area contributed by atoms with Gasteiger partial charge in [0.2, 0.25) is 0 Å². The summed E-state index contributed by atoms with van der Waals surface area (Å²) in [5, 5.41) is 8.51. The van der Waals surface area contributed by atoms with E-state index in [1.165, 1.54) is 0 Å². The summed E-state index contributed by atoms with van der Waals surface area (Å²) in [5.74, 6) is 0.0827. The molecule has 0 amide bonds. The molecule has 1 aliphatic heterocycles. The number of carbonyl (C=O) groups excluding carboxylic acids is 1. The third-order valence-corrected chi connectivity index (χ3v) is 2.00. The lowest BCUT2D eigenvalue weighted by Gasteiger charge is -2.06. The van der Waals surface area contributed by atoms with Gasteiger partial charge < -0.3 is 10.0 Å². The van der Waals surface area contributed by atoms with E-state index in [1.54, 1.807) is 0 Å². The fraction of sp³-hybridized carbons (Fsp3) is 0.857. The van der Waals surface area contributed by atoms with Crippen LogP contribution in [-0.2, 0) is 4.79 Å². The van der Waals surface area contributed by atoms with Gasteiger partial charge in [0.1, 0.15) is 6.61 Å². The second kappa shape index (κ2) is 3.12. The molecule has 58 valence electrons. The SMILES string of the molecule is CN1CCC(C(=O)CO)C1. The molecule has 0 aromatic heterocycles. The minimum atomic E-state index is -0.293. The van der Waals surface area contributed by atoms with Gasteiger partial charge in [-0.05, 0) is 20.0 Å². The number of hydrogen-bond donors (Lipinski definition) is 1. The molecule has 3 heteroatoms. The Morgan fingerprint density at radius 1 is 1.80 bits per heavy atom. The highest BCUT2D eigenvalue weighted by molar-refractivity contribution is 5.82.